The molecule has 0 unspecified atom stereocenters. The number of rotatable bonds is 7. The fraction of sp³-hybridized carbons (Fsp3) is 0.294. The molecular formula is C17H18N4O4. The molecule has 0 aliphatic heterocycles. The highest BCUT2D eigenvalue weighted by Crippen LogP contribution is 2.39. The van der Waals surface area contributed by atoms with Crippen molar-refractivity contribution in [3.05, 3.63) is 47.3 Å². The minimum Gasteiger partial charge on any atom is -0.481 e. The second kappa shape index (κ2) is 7.16. The van der Waals surface area contributed by atoms with Crippen LogP contribution in [-0.4, -0.2) is 39.6 Å². The van der Waals surface area contributed by atoms with Crippen LogP contribution in [0.25, 0.3) is 0 Å². The Morgan fingerprint density at radius 2 is 1.88 bits per heavy atom. The first-order valence-electron chi connectivity index (χ1n) is 7.99. The molecule has 1 fully saturated rings. The van der Waals surface area contributed by atoms with E-state index in [1.807, 2.05) is 0 Å². The summed E-state index contributed by atoms with van der Waals surface area (Å²) in [5, 5.41) is 20.7. The second-order valence-corrected chi connectivity index (χ2v) is 5.91. The number of carbonyl (C=O) groups is 3. The van der Waals surface area contributed by atoms with Gasteiger partial charge in [0.1, 0.15) is 0 Å². The lowest BCUT2D eigenvalue weighted by molar-refractivity contribution is -0.136. The van der Waals surface area contributed by atoms with Crippen LogP contribution in [0, 0.1) is 0 Å². The Bertz CT molecular complexity index is 793. The van der Waals surface area contributed by atoms with E-state index >= 15 is 0 Å². The molecule has 0 atom stereocenters. The number of carbonyl (C=O) groups excluding carboxylic acids is 2. The monoisotopic (exact) mass is 342 g/mol. The number of nitrogens with one attached hydrogen (secondary N) is 3. The summed E-state index contributed by atoms with van der Waals surface area (Å²) in [6, 6.07) is 8.10. The first kappa shape index (κ1) is 16.7. The van der Waals surface area contributed by atoms with Crippen molar-refractivity contribution < 1.29 is 19.5 Å². The summed E-state index contributed by atoms with van der Waals surface area (Å²) in [4.78, 5) is 34.4. The van der Waals surface area contributed by atoms with Crippen LogP contribution >= 0.6 is 0 Å². The number of anilines is 1. The molecule has 0 radical (unpaired) electrons. The van der Waals surface area contributed by atoms with Gasteiger partial charge in [0.05, 0.1) is 6.42 Å². The lowest BCUT2D eigenvalue weighted by atomic mass is 10.2. The summed E-state index contributed by atoms with van der Waals surface area (Å²) < 4.78 is 0. The van der Waals surface area contributed by atoms with Gasteiger partial charge in [-0.2, -0.15) is 5.10 Å². The quantitative estimate of drug-likeness (QED) is 0.610. The number of H-pyrrole nitrogens is 1. The summed E-state index contributed by atoms with van der Waals surface area (Å²) in [6.45, 7) is 0.0646. The van der Waals surface area contributed by atoms with E-state index in [1.165, 1.54) is 0 Å². The summed E-state index contributed by atoms with van der Waals surface area (Å²) >= 11 is 0. The zero-order valence-electron chi connectivity index (χ0n) is 13.4. The third-order valence-electron chi connectivity index (χ3n) is 3.88. The van der Waals surface area contributed by atoms with Gasteiger partial charge in [0.25, 0.3) is 11.8 Å². The molecule has 25 heavy (non-hydrogen) atoms. The van der Waals surface area contributed by atoms with Crippen LogP contribution in [0.2, 0.25) is 0 Å². The predicted molar refractivity (Wildman–Crippen MR) is 89.5 cm³/mol. The Morgan fingerprint density at radius 3 is 2.52 bits per heavy atom. The lowest BCUT2D eigenvalue weighted by Gasteiger charge is -2.06. The average molecular weight is 342 g/mol. The van der Waals surface area contributed by atoms with E-state index in [9.17, 15) is 14.4 Å². The van der Waals surface area contributed by atoms with E-state index in [1.54, 1.807) is 30.3 Å². The van der Waals surface area contributed by atoms with Crippen LogP contribution in [0.1, 0.15) is 51.7 Å². The molecular weight excluding hydrogens is 324 g/mol. The minimum atomic E-state index is -0.971. The van der Waals surface area contributed by atoms with Gasteiger partial charge in [0, 0.05) is 29.4 Å². The smallest absolute Gasteiger partial charge is 0.305 e. The maximum Gasteiger partial charge on any atom is 0.305 e. The van der Waals surface area contributed by atoms with Gasteiger partial charge in [-0.05, 0) is 43.2 Å². The van der Waals surface area contributed by atoms with Crippen LogP contribution in [-0.2, 0) is 4.79 Å². The third kappa shape index (κ3) is 4.43. The van der Waals surface area contributed by atoms with Crippen molar-refractivity contribution >= 4 is 23.5 Å². The molecule has 0 bridgehead atoms. The van der Waals surface area contributed by atoms with Crippen molar-refractivity contribution in [2.24, 2.45) is 0 Å². The van der Waals surface area contributed by atoms with Crippen molar-refractivity contribution in [1.29, 1.82) is 0 Å². The van der Waals surface area contributed by atoms with Crippen molar-refractivity contribution in [1.82, 2.24) is 15.5 Å². The van der Waals surface area contributed by atoms with Gasteiger partial charge < -0.3 is 15.7 Å². The molecule has 1 aromatic heterocycles. The number of aromatic nitrogens is 2. The predicted octanol–water partition coefficient (Wildman–Crippen LogP) is 1.74. The molecule has 0 saturated heterocycles. The molecule has 2 amide bonds. The molecule has 2 aromatic rings. The summed E-state index contributed by atoms with van der Waals surface area (Å²) in [7, 11) is 0. The second-order valence-electron chi connectivity index (χ2n) is 5.91. The Hall–Kier alpha value is -3.16. The van der Waals surface area contributed by atoms with Crippen LogP contribution in [0.3, 0.4) is 0 Å². The van der Waals surface area contributed by atoms with Crippen LogP contribution in [0.15, 0.2) is 30.3 Å². The zero-order chi connectivity index (χ0) is 17.8. The van der Waals surface area contributed by atoms with Gasteiger partial charge in [-0.25, -0.2) is 0 Å². The number of carboxylic acids is 1. The standard InChI is InChI=1S/C17H18N4O4/c22-15(23)7-8-18-16(24)11-3-5-12(6-4-11)19-17(25)14-9-13(20-21-14)10-1-2-10/h3-6,9-10H,1-2,7-8H2,(H,18,24)(H,19,25)(H,20,21)(H,22,23). The van der Waals surface area contributed by atoms with E-state index in [-0.39, 0.29) is 24.8 Å². The number of nitrogens with zero attached hydrogens (tertiary/aromatic N) is 1. The number of aromatic amines is 1. The van der Waals surface area contributed by atoms with Gasteiger partial charge in [-0.3, -0.25) is 19.5 Å². The first-order valence-corrected chi connectivity index (χ1v) is 7.99. The Labute approximate surface area is 143 Å². The third-order valence-corrected chi connectivity index (χ3v) is 3.88. The van der Waals surface area contributed by atoms with E-state index in [2.05, 4.69) is 20.8 Å². The first-order chi connectivity index (χ1) is 12.0. The Balaban J connectivity index is 1.55. The van der Waals surface area contributed by atoms with Gasteiger partial charge in [-0.15, -0.1) is 0 Å². The summed E-state index contributed by atoms with van der Waals surface area (Å²) in [6.07, 6.45) is 2.12. The molecule has 3 rings (SSSR count). The highest BCUT2D eigenvalue weighted by molar-refractivity contribution is 6.03. The number of hydrogen-bond donors (Lipinski definition) is 4. The topological polar surface area (TPSA) is 124 Å². The number of benzene rings is 1. The lowest BCUT2D eigenvalue weighted by Crippen LogP contribution is -2.25. The molecule has 1 heterocycles. The SMILES string of the molecule is O=C(O)CCNC(=O)c1ccc(NC(=O)c2cc(C3CC3)[nH]n2)cc1. The molecule has 1 aliphatic rings. The highest BCUT2D eigenvalue weighted by atomic mass is 16.4. The molecule has 130 valence electrons. The Kier molecular flexibility index (Phi) is 4.78. The van der Waals surface area contributed by atoms with E-state index in [4.69, 9.17) is 5.11 Å². The highest BCUT2D eigenvalue weighted by Gasteiger charge is 2.26. The van der Waals surface area contributed by atoms with Crippen molar-refractivity contribution in [2.75, 3.05) is 11.9 Å². The molecule has 0 spiro atoms. The van der Waals surface area contributed by atoms with Crippen molar-refractivity contribution in [3.63, 3.8) is 0 Å². The number of amides is 2. The van der Waals surface area contributed by atoms with Gasteiger partial charge in [0.15, 0.2) is 5.69 Å². The van der Waals surface area contributed by atoms with E-state index in [0.29, 0.717) is 22.9 Å². The zero-order valence-corrected chi connectivity index (χ0v) is 13.4. The molecule has 1 saturated carbocycles. The largest absolute Gasteiger partial charge is 0.481 e. The summed E-state index contributed by atoms with van der Waals surface area (Å²) in [5.74, 6) is -1.16. The molecule has 8 nitrogen and oxygen atoms in total. The molecule has 4 N–H and O–H groups in total. The van der Waals surface area contributed by atoms with Crippen molar-refractivity contribution in [2.45, 2.75) is 25.2 Å². The summed E-state index contributed by atoms with van der Waals surface area (Å²) in [5.41, 5.74) is 2.25. The minimum absolute atomic E-state index is 0.0646. The van der Waals surface area contributed by atoms with Crippen LogP contribution < -0.4 is 10.6 Å². The van der Waals surface area contributed by atoms with Gasteiger partial charge in [-0.1, -0.05) is 0 Å². The van der Waals surface area contributed by atoms with Crippen molar-refractivity contribution in [3.8, 4) is 0 Å². The van der Waals surface area contributed by atoms with Crippen LogP contribution in [0.4, 0.5) is 5.69 Å². The fourth-order valence-corrected chi connectivity index (χ4v) is 2.34. The number of hydrogen-bond acceptors (Lipinski definition) is 4. The molecule has 1 aliphatic carbocycles. The Morgan fingerprint density at radius 1 is 1.16 bits per heavy atom. The fourth-order valence-electron chi connectivity index (χ4n) is 2.34. The molecule has 1 aromatic carbocycles. The maximum absolute atomic E-state index is 12.2. The van der Waals surface area contributed by atoms with Gasteiger partial charge >= 0.3 is 5.97 Å². The normalized spacial score (nSPS) is 13.3. The number of carboxylic acid groups (broad SMARTS) is 1. The maximum atomic E-state index is 12.2. The average Bonchev–Trinajstić information content (AvgIpc) is 3.32. The van der Waals surface area contributed by atoms with Crippen LogP contribution in [0.5, 0.6) is 0 Å². The van der Waals surface area contributed by atoms with E-state index in [0.717, 1.165) is 18.5 Å². The van der Waals surface area contributed by atoms with Gasteiger partial charge in [0.2, 0.25) is 0 Å². The number of aliphatic carboxylic acids is 1. The molecule has 8 heteroatoms. The van der Waals surface area contributed by atoms with E-state index < -0.39 is 5.97 Å².